The zero-order valence-electron chi connectivity index (χ0n) is 17.3. The average Bonchev–Trinajstić information content (AvgIpc) is 3.29. The van der Waals surface area contributed by atoms with Crippen LogP contribution in [0.4, 0.5) is 11.4 Å². The number of rotatable bonds is 7. The summed E-state index contributed by atoms with van der Waals surface area (Å²) in [6, 6.07) is 19.2. The van der Waals surface area contributed by atoms with E-state index in [9.17, 15) is 17.8 Å². The van der Waals surface area contributed by atoms with Crippen LogP contribution in [0.5, 0.6) is 5.75 Å². The first kappa shape index (κ1) is 25.0. The van der Waals surface area contributed by atoms with Crippen molar-refractivity contribution in [2.24, 2.45) is 0 Å². The van der Waals surface area contributed by atoms with Gasteiger partial charge in [-0.2, -0.15) is 8.42 Å². The fourth-order valence-corrected chi connectivity index (χ4v) is 7.77. The minimum atomic E-state index is -4.15. The van der Waals surface area contributed by atoms with E-state index >= 15 is 0 Å². The SMILES string of the molecule is O=C(Cc1ccccc1Nc1c(Cl)cccc1Cl)Oc1ccc(C2=CC(S(=O)(=O)O)SS2)cc1. The van der Waals surface area contributed by atoms with Crippen LogP contribution < -0.4 is 10.1 Å². The van der Waals surface area contributed by atoms with Crippen LogP contribution in [0.3, 0.4) is 0 Å². The second-order valence-corrected chi connectivity index (χ2v) is 12.2. The molecule has 34 heavy (non-hydrogen) atoms. The lowest BCUT2D eigenvalue weighted by molar-refractivity contribution is -0.133. The van der Waals surface area contributed by atoms with Crippen LogP contribution in [0.15, 0.2) is 72.8 Å². The Balaban J connectivity index is 1.43. The smallest absolute Gasteiger partial charge is 0.315 e. The number of hydrogen-bond acceptors (Lipinski definition) is 7. The van der Waals surface area contributed by atoms with E-state index in [-0.39, 0.29) is 6.42 Å². The first-order valence-electron chi connectivity index (χ1n) is 9.82. The predicted molar refractivity (Wildman–Crippen MR) is 140 cm³/mol. The molecule has 4 rings (SSSR count). The third kappa shape index (κ3) is 6.10. The molecule has 0 bridgehead atoms. The summed E-state index contributed by atoms with van der Waals surface area (Å²) in [5.74, 6) is -0.0976. The highest BCUT2D eigenvalue weighted by Gasteiger charge is 2.28. The van der Waals surface area contributed by atoms with Crippen molar-refractivity contribution >= 4 is 77.2 Å². The third-order valence-electron chi connectivity index (χ3n) is 4.76. The second kappa shape index (κ2) is 10.6. The van der Waals surface area contributed by atoms with Gasteiger partial charge in [0, 0.05) is 10.6 Å². The Morgan fingerprint density at radius 3 is 2.32 bits per heavy atom. The van der Waals surface area contributed by atoms with Gasteiger partial charge in [0.05, 0.1) is 22.2 Å². The van der Waals surface area contributed by atoms with Gasteiger partial charge in [0.25, 0.3) is 10.1 Å². The van der Waals surface area contributed by atoms with Crippen molar-refractivity contribution in [1.29, 1.82) is 0 Å². The van der Waals surface area contributed by atoms with Gasteiger partial charge in [-0.3, -0.25) is 9.35 Å². The summed E-state index contributed by atoms with van der Waals surface area (Å²) in [6.07, 6.45) is 1.50. The van der Waals surface area contributed by atoms with Crippen LogP contribution in [-0.2, 0) is 21.3 Å². The van der Waals surface area contributed by atoms with Gasteiger partial charge in [0.15, 0.2) is 4.58 Å². The molecule has 0 saturated heterocycles. The molecule has 1 aliphatic rings. The van der Waals surface area contributed by atoms with Gasteiger partial charge in [-0.05, 0) is 47.5 Å². The topological polar surface area (TPSA) is 92.7 Å². The number of halogens is 2. The fourth-order valence-electron chi connectivity index (χ4n) is 3.12. The van der Waals surface area contributed by atoms with Gasteiger partial charge in [0.1, 0.15) is 5.75 Å². The van der Waals surface area contributed by atoms with Crippen molar-refractivity contribution in [3.63, 3.8) is 0 Å². The zero-order chi connectivity index (χ0) is 24.3. The molecule has 2 N–H and O–H groups in total. The maximum Gasteiger partial charge on any atom is 0.315 e. The number of ether oxygens (including phenoxy) is 1. The number of hydrogen-bond donors (Lipinski definition) is 2. The maximum absolute atomic E-state index is 12.6. The highest BCUT2D eigenvalue weighted by molar-refractivity contribution is 8.82. The van der Waals surface area contributed by atoms with Crippen molar-refractivity contribution < 1.29 is 22.5 Å². The number of carbonyl (C=O) groups is 1. The highest BCUT2D eigenvalue weighted by Crippen LogP contribution is 2.48. The number of nitrogens with one attached hydrogen (secondary N) is 1. The van der Waals surface area contributed by atoms with E-state index in [2.05, 4.69) is 5.32 Å². The van der Waals surface area contributed by atoms with Crippen LogP contribution in [0.25, 0.3) is 4.91 Å². The predicted octanol–water partition coefficient (Wildman–Crippen LogP) is 6.83. The van der Waals surface area contributed by atoms with Gasteiger partial charge in [-0.25, -0.2) is 0 Å². The van der Waals surface area contributed by atoms with Crippen molar-refractivity contribution in [3.8, 4) is 5.75 Å². The van der Waals surface area contributed by atoms with E-state index in [1.54, 1.807) is 42.5 Å². The minimum absolute atomic E-state index is 0.0146. The summed E-state index contributed by atoms with van der Waals surface area (Å²) in [5.41, 5.74) is 2.70. The Morgan fingerprint density at radius 1 is 1.00 bits per heavy atom. The molecular weight excluding hydrogens is 537 g/mol. The summed E-state index contributed by atoms with van der Waals surface area (Å²) >= 11 is 12.5. The van der Waals surface area contributed by atoms with E-state index in [1.165, 1.54) is 16.9 Å². The summed E-state index contributed by atoms with van der Waals surface area (Å²) in [7, 11) is -1.84. The number of benzene rings is 3. The number of carbonyl (C=O) groups excluding carboxylic acids is 1. The fraction of sp³-hybridized carbons (Fsp3) is 0.0870. The number of anilines is 2. The van der Waals surface area contributed by atoms with Crippen LogP contribution in [0, 0.1) is 0 Å². The molecule has 0 aromatic heterocycles. The van der Waals surface area contributed by atoms with Gasteiger partial charge < -0.3 is 10.1 Å². The Labute approximate surface area is 214 Å². The molecule has 176 valence electrons. The van der Waals surface area contributed by atoms with E-state index < -0.39 is 20.7 Å². The summed E-state index contributed by atoms with van der Waals surface area (Å²) in [4.78, 5) is 13.3. The van der Waals surface area contributed by atoms with Gasteiger partial charge >= 0.3 is 5.97 Å². The van der Waals surface area contributed by atoms with E-state index in [4.69, 9.17) is 27.9 Å². The Hall–Kier alpha value is -2.14. The Morgan fingerprint density at radius 2 is 1.68 bits per heavy atom. The molecule has 0 amide bonds. The van der Waals surface area contributed by atoms with Crippen LogP contribution in [-0.4, -0.2) is 23.5 Å². The first-order chi connectivity index (χ1) is 16.2. The van der Waals surface area contributed by atoms with Gasteiger partial charge in [0.2, 0.25) is 0 Å². The summed E-state index contributed by atoms with van der Waals surface area (Å²) in [6.45, 7) is 0. The van der Waals surface area contributed by atoms with Crippen molar-refractivity contribution in [3.05, 3.63) is 94.0 Å². The monoisotopic (exact) mass is 553 g/mol. The molecule has 0 aliphatic carbocycles. The molecular formula is C23H17Cl2NO5S3. The molecule has 11 heteroatoms. The highest BCUT2D eigenvalue weighted by atomic mass is 35.5. The van der Waals surface area contributed by atoms with Gasteiger partial charge in [-0.1, -0.05) is 81.2 Å². The molecule has 1 atom stereocenters. The van der Waals surface area contributed by atoms with Crippen LogP contribution in [0.1, 0.15) is 11.1 Å². The standard InChI is InChI=1S/C23H17Cl2NO5S3/c24-17-5-3-6-18(25)23(17)26-19-7-2-1-4-15(19)12-21(27)31-16-10-8-14(9-11-16)20-13-22(33-32-20)34(28,29)30/h1-11,13,22,26H,12H2,(H,28,29,30). The van der Waals surface area contributed by atoms with Crippen molar-refractivity contribution in [1.82, 2.24) is 0 Å². The lowest BCUT2D eigenvalue weighted by Gasteiger charge is -2.14. The third-order valence-corrected chi connectivity index (χ3v) is 9.92. The molecule has 0 fully saturated rings. The molecule has 1 heterocycles. The molecule has 1 aliphatic heterocycles. The molecule has 3 aromatic carbocycles. The lowest BCUT2D eigenvalue weighted by atomic mass is 10.1. The largest absolute Gasteiger partial charge is 0.426 e. The molecule has 0 spiro atoms. The van der Waals surface area contributed by atoms with Crippen LogP contribution in [0.2, 0.25) is 10.0 Å². The lowest BCUT2D eigenvalue weighted by Crippen LogP contribution is -2.12. The molecule has 6 nitrogen and oxygen atoms in total. The summed E-state index contributed by atoms with van der Waals surface area (Å²) in [5, 5.41) is 4.11. The molecule has 1 unspecified atom stereocenters. The average molecular weight is 554 g/mol. The van der Waals surface area contributed by atoms with Crippen molar-refractivity contribution in [2.45, 2.75) is 11.0 Å². The normalized spacial score (nSPS) is 15.6. The Bertz CT molecular complexity index is 1340. The molecule has 0 radical (unpaired) electrons. The molecule has 0 saturated carbocycles. The quantitative estimate of drug-likeness (QED) is 0.142. The summed E-state index contributed by atoms with van der Waals surface area (Å²) < 4.78 is 36.3. The maximum atomic E-state index is 12.6. The first-order valence-corrected chi connectivity index (χ1v) is 14.3. The molecule has 3 aromatic rings. The van der Waals surface area contributed by atoms with Crippen LogP contribution >= 0.6 is 44.8 Å². The Kier molecular flexibility index (Phi) is 7.81. The number of para-hydroxylation sites is 2. The minimum Gasteiger partial charge on any atom is -0.426 e. The van der Waals surface area contributed by atoms with E-state index in [0.717, 1.165) is 16.4 Å². The van der Waals surface area contributed by atoms with E-state index in [1.807, 2.05) is 24.3 Å². The second-order valence-electron chi connectivity index (χ2n) is 7.15. The number of esters is 1. The van der Waals surface area contributed by atoms with E-state index in [0.29, 0.717) is 37.6 Å². The van der Waals surface area contributed by atoms with Crippen molar-refractivity contribution in [2.75, 3.05) is 5.32 Å². The van der Waals surface area contributed by atoms with Gasteiger partial charge in [-0.15, -0.1) is 0 Å². The zero-order valence-corrected chi connectivity index (χ0v) is 21.2.